The zero-order valence-corrected chi connectivity index (χ0v) is 28.5. The molecule has 48 heavy (non-hydrogen) atoms. The molecule has 0 bridgehead atoms. The number of amides is 6. The van der Waals surface area contributed by atoms with Crippen molar-refractivity contribution in [2.45, 2.75) is 75.5 Å². The van der Waals surface area contributed by atoms with Gasteiger partial charge < -0.3 is 48.5 Å². The number of carbonyl (C=O) groups excluding carboxylic acids is 6. The van der Waals surface area contributed by atoms with Crippen molar-refractivity contribution in [2.24, 2.45) is 22.2 Å². The van der Waals surface area contributed by atoms with Crippen LogP contribution < -0.4 is 38.5 Å². The molecular formula is C29H43N9O8S2. The summed E-state index contributed by atoms with van der Waals surface area (Å²) in [5.41, 5.74) is 17.2. The molecule has 0 aliphatic carbocycles. The van der Waals surface area contributed by atoms with Gasteiger partial charge in [0.05, 0.1) is 13.0 Å². The van der Waals surface area contributed by atoms with Gasteiger partial charge in [0.15, 0.2) is 5.96 Å². The number of nitrogens with one attached hydrogen (secondary N) is 4. The summed E-state index contributed by atoms with van der Waals surface area (Å²) in [4.78, 5) is 95.7. The van der Waals surface area contributed by atoms with Gasteiger partial charge in [-0.1, -0.05) is 51.9 Å². The van der Waals surface area contributed by atoms with Crippen LogP contribution in [0.5, 0.6) is 0 Å². The standard InChI is InChI=1S/C29H43N9O8S2/c1-16(39)35-19-15-47-48-29(2,3)23(24(30)43)37-25(44)18(12-22(41)42)36-21(40)13-34-26(45)20(10-7-11-33-28(31)32)38(27(19)46)14-17-8-5-4-6-9-17/h4-6,8-9,18-20,23H,7,10-15H2,1-3H3,(H2,30,43)(H,34,45)(H,35,39)(H,36,40)(H,37,44)(H,41,42)(H4,31,32,33)/t18-,19-,20-,23+/m1/s1. The monoisotopic (exact) mass is 709 g/mol. The molecule has 1 aliphatic heterocycles. The summed E-state index contributed by atoms with van der Waals surface area (Å²) in [7, 11) is 2.20. The number of carbonyl (C=O) groups is 7. The van der Waals surface area contributed by atoms with Crippen LogP contribution in [0.15, 0.2) is 35.3 Å². The number of nitrogens with zero attached hydrogens (tertiary/aromatic N) is 2. The number of hydrogen-bond donors (Lipinski definition) is 8. The number of guanidine groups is 1. The number of carboxylic acids is 1. The first-order chi connectivity index (χ1) is 22.5. The number of hydrogen-bond acceptors (Lipinski definition) is 10. The van der Waals surface area contributed by atoms with E-state index in [-0.39, 0.29) is 37.6 Å². The smallest absolute Gasteiger partial charge is 0.305 e. The molecule has 6 amide bonds. The van der Waals surface area contributed by atoms with E-state index in [0.29, 0.717) is 5.56 Å². The molecular weight excluding hydrogens is 667 g/mol. The maximum Gasteiger partial charge on any atom is 0.305 e. The minimum atomic E-state index is -1.62. The fraction of sp³-hybridized carbons (Fsp3) is 0.517. The van der Waals surface area contributed by atoms with Crippen molar-refractivity contribution in [3.8, 4) is 0 Å². The van der Waals surface area contributed by atoms with E-state index >= 15 is 0 Å². The molecule has 1 fully saturated rings. The first-order valence-electron chi connectivity index (χ1n) is 14.9. The fourth-order valence-corrected chi connectivity index (χ4v) is 7.53. The van der Waals surface area contributed by atoms with Crippen LogP contribution >= 0.6 is 21.6 Å². The van der Waals surface area contributed by atoms with Gasteiger partial charge in [-0.15, -0.1) is 0 Å². The van der Waals surface area contributed by atoms with Gasteiger partial charge in [-0.2, -0.15) is 0 Å². The second-order valence-electron chi connectivity index (χ2n) is 11.4. The van der Waals surface area contributed by atoms with Crippen LogP contribution in [0.1, 0.15) is 45.6 Å². The molecule has 17 nitrogen and oxygen atoms in total. The second-order valence-corrected chi connectivity index (χ2v) is 14.4. The van der Waals surface area contributed by atoms with Crippen molar-refractivity contribution < 1.29 is 38.7 Å². The van der Waals surface area contributed by atoms with Crippen LogP contribution in [-0.4, -0.2) is 105 Å². The highest BCUT2D eigenvalue weighted by atomic mass is 33.1. The van der Waals surface area contributed by atoms with Crippen molar-refractivity contribution >= 4 is 69.0 Å². The number of primary amides is 1. The molecule has 11 N–H and O–H groups in total. The van der Waals surface area contributed by atoms with E-state index in [1.165, 1.54) is 11.8 Å². The molecule has 4 atom stereocenters. The molecule has 0 spiro atoms. The van der Waals surface area contributed by atoms with E-state index in [4.69, 9.17) is 17.2 Å². The van der Waals surface area contributed by atoms with Crippen LogP contribution in [-0.2, 0) is 40.1 Å². The fourth-order valence-electron chi connectivity index (χ4n) is 4.71. The number of benzene rings is 1. The lowest BCUT2D eigenvalue weighted by atomic mass is 10.0. The molecule has 0 saturated carbocycles. The molecule has 1 saturated heterocycles. The van der Waals surface area contributed by atoms with Crippen LogP contribution in [0, 0.1) is 0 Å². The third-order valence-corrected chi connectivity index (χ3v) is 10.3. The Kier molecular flexibility index (Phi) is 15.5. The van der Waals surface area contributed by atoms with Gasteiger partial charge in [-0.25, -0.2) is 0 Å². The van der Waals surface area contributed by atoms with Crippen LogP contribution in [0.3, 0.4) is 0 Å². The molecule has 264 valence electrons. The zero-order valence-electron chi connectivity index (χ0n) is 26.9. The lowest BCUT2D eigenvalue weighted by Crippen LogP contribution is -2.60. The lowest BCUT2D eigenvalue weighted by molar-refractivity contribution is -0.144. The summed E-state index contributed by atoms with van der Waals surface area (Å²) in [6.07, 6.45) is -0.529. The number of aliphatic carboxylic acids is 1. The van der Waals surface area contributed by atoms with E-state index in [9.17, 15) is 38.7 Å². The van der Waals surface area contributed by atoms with E-state index in [1.807, 2.05) is 0 Å². The van der Waals surface area contributed by atoms with E-state index in [1.54, 1.807) is 44.2 Å². The molecule has 1 heterocycles. The number of nitrogens with two attached hydrogens (primary N) is 3. The van der Waals surface area contributed by atoms with Gasteiger partial charge in [0.1, 0.15) is 24.2 Å². The minimum absolute atomic E-state index is 0.0265. The lowest BCUT2D eigenvalue weighted by Gasteiger charge is -2.35. The van der Waals surface area contributed by atoms with Gasteiger partial charge in [-0.3, -0.25) is 38.6 Å². The Morgan fingerprint density at radius 1 is 1.06 bits per heavy atom. The van der Waals surface area contributed by atoms with Crippen LogP contribution in [0.2, 0.25) is 0 Å². The molecule has 0 radical (unpaired) electrons. The number of carboxylic acid groups (broad SMARTS) is 1. The summed E-state index contributed by atoms with van der Waals surface area (Å²) in [5.74, 6) is -6.28. The first-order valence-corrected chi connectivity index (χ1v) is 17.2. The molecule has 0 unspecified atom stereocenters. The first kappa shape index (κ1) is 39.7. The van der Waals surface area contributed by atoms with Crippen molar-refractivity contribution in [1.82, 2.24) is 26.2 Å². The Hall–Kier alpha value is -4.52. The van der Waals surface area contributed by atoms with Gasteiger partial charge in [0.25, 0.3) is 0 Å². The van der Waals surface area contributed by atoms with E-state index in [0.717, 1.165) is 21.6 Å². The molecule has 2 rings (SSSR count). The average Bonchev–Trinajstić information content (AvgIpc) is 2.99. The third-order valence-electron chi connectivity index (χ3n) is 6.99. The minimum Gasteiger partial charge on any atom is -0.481 e. The highest BCUT2D eigenvalue weighted by molar-refractivity contribution is 8.77. The van der Waals surface area contributed by atoms with Crippen molar-refractivity contribution in [3.05, 3.63) is 35.9 Å². The highest BCUT2D eigenvalue weighted by Gasteiger charge is 2.40. The predicted octanol–water partition coefficient (Wildman–Crippen LogP) is -1.84. The summed E-state index contributed by atoms with van der Waals surface area (Å²) < 4.78 is -1.13. The maximum atomic E-state index is 14.3. The van der Waals surface area contributed by atoms with E-state index in [2.05, 4.69) is 26.3 Å². The second kappa shape index (κ2) is 18.7. The van der Waals surface area contributed by atoms with Gasteiger partial charge in [0, 0.05) is 30.5 Å². The quantitative estimate of drug-likeness (QED) is 0.0576. The zero-order chi connectivity index (χ0) is 36.0. The Morgan fingerprint density at radius 3 is 2.31 bits per heavy atom. The summed E-state index contributed by atoms with van der Waals surface area (Å²) in [6, 6.07) is 3.53. The van der Waals surface area contributed by atoms with Gasteiger partial charge >= 0.3 is 5.97 Å². The van der Waals surface area contributed by atoms with Gasteiger partial charge in [-0.05, 0) is 32.3 Å². The topological polar surface area (TPSA) is 282 Å². The van der Waals surface area contributed by atoms with Crippen molar-refractivity contribution in [3.63, 3.8) is 0 Å². The van der Waals surface area contributed by atoms with Crippen molar-refractivity contribution in [1.29, 1.82) is 0 Å². The Bertz CT molecular complexity index is 1380. The number of rotatable bonds is 10. The van der Waals surface area contributed by atoms with Gasteiger partial charge in [0.2, 0.25) is 35.4 Å². The largest absolute Gasteiger partial charge is 0.481 e. The Morgan fingerprint density at radius 2 is 1.73 bits per heavy atom. The third kappa shape index (κ3) is 12.9. The molecule has 1 aliphatic rings. The Labute approximate surface area is 285 Å². The highest BCUT2D eigenvalue weighted by Crippen LogP contribution is 2.39. The van der Waals surface area contributed by atoms with Crippen LogP contribution in [0.25, 0.3) is 0 Å². The molecule has 1 aromatic carbocycles. The predicted molar refractivity (Wildman–Crippen MR) is 181 cm³/mol. The summed E-state index contributed by atoms with van der Waals surface area (Å²) in [5, 5.41) is 19.2. The van der Waals surface area contributed by atoms with E-state index < -0.39 is 83.3 Å². The maximum absolute atomic E-state index is 14.3. The number of aliphatic imine (C=N–C) groups is 1. The molecule has 19 heteroatoms. The summed E-state index contributed by atoms with van der Waals surface area (Å²) >= 11 is 0. The SMILES string of the molecule is CC(=O)N[C@@H]1CSSC(C)(C)[C@H](C(N)=O)NC(=O)[C@@H](CC(=O)O)NC(=O)CNC(=O)[C@@H](CCCN=C(N)N)N(Cc2ccccc2)C1=O. The normalized spacial score (nSPS) is 22.7. The molecule has 0 aromatic heterocycles. The summed E-state index contributed by atoms with van der Waals surface area (Å²) in [6.45, 7) is 3.84. The average molecular weight is 710 g/mol. The van der Waals surface area contributed by atoms with Crippen LogP contribution in [0.4, 0.5) is 0 Å². The molecule has 1 aromatic rings. The Balaban J connectivity index is 2.63. The van der Waals surface area contributed by atoms with Crippen molar-refractivity contribution in [2.75, 3.05) is 18.8 Å².